The molecule has 0 bridgehead atoms. The number of hydrogen-bond acceptors (Lipinski definition) is 4. The molecular weight excluding hydrogens is 358 g/mol. The summed E-state index contributed by atoms with van der Waals surface area (Å²) in [6.07, 6.45) is 2.99. The molecule has 2 aromatic rings. The third-order valence-electron chi connectivity index (χ3n) is 5.04. The van der Waals surface area contributed by atoms with Crippen molar-refractivity contribution >= 4 is 11.8 Å². The number of carbonyl (C=O) groups excluding carboxylic acids is 2. The number of H-pyrrole nitrogens is 1. The summed E-state index contributed by atoms with van der Waals surface area (Å²) in [5, 5.41) is 5.78. The Morgan fingerprint density at radius 3 is 2.71 bits per heavy atom. The molecule has 0 radical (unpaired) electrons. The van der Waals surface area contributed by atoms with Gasteiger partial charge in [-0.2, -0.15) is 0 Å². The zero-order chi connectivity index (χ0) is 20.1. The number of nitrogens with zero attached hydrogens (tertiary/aromatic N) is 2. The van der Waals surface area contributed by atoms with Gasteiger partial charge < -0.3 is 16.0 Å². The van der Waals surface area contributed by atoms with E-state index in [0.717, 1.165) is 24.8 Å². The average Bonchev–Trinajstić information content (AvgIpc) is 3.08. The molecule has 2 amide bonds. The Balaban J connectivity index is 1.76. The van der Waals surface area contributed by atoms with Crippen LogP contribution < -0.4 is 16.6 Å². The van der Waals surface area contributed by atoms with E-state index in [9.17, 15) is 14.4 Å². The molecule has 0 spiro atoms. The Morgan fingerprint density at radius 2 is 2.00 bits per heavy atom. The second kappa shape index (κ2) is 8.88. The molecule has 1 aromatic carbocycles. The van der Waals surface area contributed by atoms with Gasteiger partial charge in [0.05, 0.1) is 5.69 Å². The van der Waals surface area contributed by atoms with Gasteiger partial charge in [0.2, 0.25) is 5.91 Å². The number of nitrogens with two attached hydrogens (primary N) is 1. The first-order valence-electron chi connectivity index (χ1n) is 9.66. The van der Waals surface area contributed by atoms with E-state index in [4.69, 9.17) is 5.73 Å². The molecule has 0 aliphatic carbocycles. The molecule has 8 heteroatoms. The van der Waals surface area contributed by atoms with Crippen LogP contribution >= 0.6 is 0 Å². The quantitative estimate of drug-likeness (QED) is 0.686. The molecule has 1 saturated heterocycles. The van der Waals surface area contributed by atoms with Crippen LogP contribution in [0, 0.1) is 6.92 Å². The van der Waals surface area contributed by atoms with Gasteiger partial charge in [-0.3, -0.25) is 19.5 Å². The number of carbonyl (C=O) groups is 2. The van der Waals surface area contributed by atoms with Crippen LogP contribution in [-0.4, -0.2) is 52.2 Å². The predicted octanol–water partition coefficient (Wildman–Crippen LogP) is 0.934. The molecule has 4 N–H and O–H groups in total. The van der Waals surface area contributed by atoms with Crippen LogP contribution in [0.1, 0.15) is 41.7 Å². The van der Waals surface area contributed by atoms with Gasteiger partial charge in [0.1, 0.15) is 5.69 Å². The molecule has 2 heterocycles. The first kappa shape index (κ1) is 19.9. The summed E-state index contributed by atoms with van der Waals surface area (Å²) in [4.78, 5) is 38.9. The van der Waals surface area contributed by atoms with Crippen molar-refractivity contribution in [1.29, 1.82) is 0 Å². The summed E-state index contributed by atoms with van der Waals surface area (Å²) in [7, 11) is 0. The summed E-state index contributed by atoms with van der Waals surface area (Å²) < 4.78 is 1.37. The van der Waals surface area contributed by atoms with Gasteiger partial charge >= 0.3 is 0 Å². The largest absolute Gasteiger partial charge is 0.354 e. The Kier molecular flexibility index (Phi) is 6.30. The fourth-order valence-corrected chi connectivity index (χ4v) is 3.48. The summed E-state index contributed by atoms with van der Waals surface area (Å²) in [6.45, 7) is 3.27. The highest BCUT2D eigenvalue weighted by Gasteiger charge is 2.29. The van der Waals surface area contributed by atoms with E-state index in [1.54, 1.807) is 4.90 Å². The molecule has 1 atom stereocenters. The molecule has 1 unspecified atom stereocenters. The van der Waals surface area contributed by atoms with Crippen molar-refractivity contribution in [1.82, 2.24) is 20.0 Å². The van der Waals surface area contributed by atoms with Crippen LogP contribution in [0.5, 0.6) is 0 Å². The van der Waals surface area contributed by atoms with E-state index in [2.05, 4.69) is 10.4 Å². The molecule has 1 aliphatic rings. The van der Waals surface area contributed by atoms with Gasteiger partial charge in [-0.05, 0) is 38.3 Å². The van der Waals surface area contributed by atoms with E-state index in [0.29, 0.717) is 25.3 Å². The lowest BCUT2D eigenvalue weighted by molar-refractivity contribution is -0.121. The third-order valence-corrected chi connectivity index (χ3v) is 5.04. The van der Waals surface area contributed by atoms with Crippen molar-refractivity contribution in [3.05, 3.63) is 51.9 Å². The molecule has 1 aliphatic heterocycles. The summed E-state index contributed by atoms with van der Waals surface area (Å²) in [6, 6.07) is 8.73. The number of nitrogens with one attached hydrogen (secondary N) is 2. The van der Waals surface area contributed by atoms with Crippen molar-refractivity contribution in [2.75, 3.05) is 19.6 Å². The van der Waals surface area contributed by atoms with Gasteiger partial charge in [0, 0.05) is 38.2 Å². The highest BCUT2D eigenvalue weighted by Crippen LogP contribution is 2.19. The van der Waals surface area contributed by atoms with Gasteiger partial charge in [0.25, 0.3) is 11.5 Å². The first-order valence-corrected chi connectivity index (χ1v) is 9.66. The maximum atomic E-state index is 13.0. The Morgan fingerprint density at radius 1 is 1.25 bits per heavy atom. The summed E-state index contributed by atoms with van der Waals surface area (Å²) in [5.74, 6) is -0.333. The highest BCUT2D eigenvalue weighted by molar-refractivity contribution is 5.92. The van der Waals surface area contributed by atoms with Crippen molar-refractivity contribution in [2.45, 2.75) is 38.6 Å². The fourth-order valence-electron chi connectivity index (χ4n) is 3.48. The van der Waals surface area contributed by atoms with Crippen molar-refractivity contribution < 1.29 is 9.59 Å². The lowest BCUT2D eigenvalue weighted by Crippen LogP contribution is -2.49. The maximum absolute atomic E-state index is 13.0. The van der Waals surface area contributed by atoms with E-state index < -0.39 is 0 Å². The zero-order valence-electron chi connectivity index (χ0n) is 16.1. The van der Waals surface area contributed by atoms with Crippen LogP contribution in [0.4, 0.5) is 0 Å². The summed E-state index contributed by atoms with van der Waals surface area (Å²) in [5.41, 5.74) is 7.15. The molecule has 1 fully saturated rings. The van der Waals surface area contributed by atoms with Gasteiger partial charge in [-0.25, -0.2) is 4.68 Å². The Bertz CT molecular complexity index is 884. The lowest BCUT2D eigenvalue weighted by Gasteiger charge is -2.35. The van der Waals surface area contributed by atoms with Crippen molar-refractivity contribution in [3.8, 4) is 5.69 Å². The molecule has 1 aromatic heterocycles. The topological polar surface area (TPSA) is 113 Å². The number of amides is 2. The van der Waals surface area contributed by atoms with Crippen LogP contribution in [0.15, 0.2) is 35.1 Å². The number of aryl methyl sites for hydroxylation is 1. The SMILES string of the molecule is Cc1ccc(-n2[nH]c(C(=O)N3CCCCC3CNC(=O)CCN)cc2=O)cc1. The minimum atomic E-state index is -0.281. The van der Waals surface area contributed by atoms with E-state index in [1.165, 1.54) is 10.7 Å². The van der Waals surface area contributed by atoms with E-state index in [1.807, 2.05) is 31.2 Å². The standard InChI is InChI=1S/C20H27N5O3/c1-14-5-7-15(8-6-14)25-19(27)12-17(23-25)20(28)24-11-3-2-4-16(24)13-22-18(26)9-10-21/h5-8,12,16,23H,2-4,9-11,13,21H2,1H3,(H,22,26). The van der Waals surface area contributed by atoms with Crippen molar-refractivity contribution in [2.24, 2.45) is 5.73 Å². The third kappa shape index (κ3) is 4.51. The van der Waals surface area contributed by atoms with Crippen molar-refractivity contribution in [3.63, 3.8) is 0 Å². The van der Waals surface area contributed by atoms with E-state index in [-0.39, 0.29) is 35.5 Å². The number of aromatic nitrogens is 2. The minimum Gasteiger partial charge on any atom is -0.354 e. The van der Waals surface area contributed by atoms with Gasteiger partial charge in [0.15, 0.2) is 0 Å². The number of likely N-dealkylation sites (tertiary alicyclic amines) is 1. The highest BCUT2D eigenvalue weighted by atomic mass is 16.2. The molecule has 0 saturated carbocycles. The molecule has 150 valence electrons. The van der Waals surface area contributed by atoms with Gasteiger partial charge in [-0.1, -0.05) is 17.7 Å². The minimum absolute atomic E-state index is 0.0887. The molecule has 8 nitrogen and oxygen atoms in total. The second-order valence-corrected chi connectivity index (χ2v) is 7.17. The summed E-state index contributed by atoms with van der Waals surface area (Å²) >= 11 is 0. The number of rotatable bonds is 6. The smallest absolute Gasteiger partial charge is 0.272 e. The predicted molar refractivity (Wildman–Crippen MR) is 106 cm³/mol. The van der Waals surface area contributed by atoms with Crippen LogP contribution in [0.25, 0.3) is 5.69 Å². The first-order chi connectivity index (χ1) is 13.5. The molecule has 3 rings (SSSR count). The monoisotopic (exact) mass is 385 g/mol. The van der Waals surface area contributed by atoms with Gasteiger partial charge in [-0.15, -0.1) is 0 Å². The Hall–Kier alpha value is -2.87. The van der Waals surface area contributed by atoms with Crippen LogP contribution in [-0.2, 0) is 4.79 Å². The Labute approximate surface area is 163 Å². The average molecular weight is 385 g/mol. The van der Waals surface area contributed by atoms with Crippen LogP contribution in [0.3, 0.4) is 0 Å². The molecule has 28 heavy (non-hydrogen) atoms. The molecular formula is C20H27N5O3. The number of benzene rings is 1. The maximum Gasteiger partial charge on any atom is 0.272 e. The fraction of sp³-hybridized carbons (Fsp3) is 0.450. The number of piperidine rings is 1. The normalized spacial score (nSPS) is 16.8. The zero-order valence-corrected chi connectivity index (χ0v) is 16.1. The number of hydrogen-bond donors (Lipinski definition) is 3. The second-order valence-electron chi connectivity index (χ2n) is 7.17. The van der Waals surface area contributed by atoms with Crippen LogP contribution in [0.2, 0.25) is 0 Å². The number of aromatic amines is 1. The lowest BCUT2D eigenvalue weighted by atomic mass is 10.0. The van der Waals surface area contributed by atoms with E-state index >= 15 is 0 Å².